The molecule has 1 atom stereocenters. The number of carbonyl (C=O) groups excluding carboxylic acids is 4. The zero-order chi connectivity index (χ0) is 24.0. The van der Waals surface area contributed by atoms with Gasteiger partial charge in [0.15, 0.2) is 5.60 Å². The number of rotatable bonds is 15. The SMILES string of the molecule is CC(=O)N(O)CCCCCNC(=O)C[C@@](O)(CC(=O)NCCCN(O)C(C)=O)C(=O)O. The number of hydroxylamine groups is 4. The Labute approximate surface area is 179 Å². The summed E-state index contributed by atoms with van der Waals surface area (Å²) in [6.07, 6.45) is 0.137. The van der Waals surface area contributed by atoms with Gasteiger partial charge < -0.3 is 20.8 Å². The van der Waals surface area contributed by atoms with Crippen LogP contribution in [-0.4, -0.2) is 92.1 Å². The fourth-order valence-electron chi connectivity index (χ4n) is 2.43. The maximum absolute atomic E-state index is 11.9. The number of aliphatic carboxylic acids is 1. The third-order valence-corrected chi connectivity index (χ3v) is 4.27. The normalized spacial score (nSPS) is 12.4. The van der Waals surface area contributed by atoms with Crippen molar-refractivity contribution in [3.63, 3.8) is 0 Å². The molecule has 0 aliphatic carbocycles. The van der Waals surface area contributed by atoms with E-state index < -0.39 is 48.0 Å². The molecule has 0 heterocycles. The van der Waals surface area contributed by atoms with E-state index in [1.165, 1.54) is 6.92 Å². The highest BCUT2D eigenvalue weighted by Gasteiger charge is 2.40. The summed E-state index contributed by atoms with van der Waals surface area (Å²) in [6.45, 7) is 2.73. The van der Waals surface area contributed by atoms with Gasteiger partial charge in [0.1, 0.15) is 0 Å². The summed E-state index contributed by atoms with van der Waals surface area (Å²) in [5.74, 6) is -4.31. The van der Waals surface area contributed by atoms with Gasteiger partial charge in [-0.15, -0.1) is 0 Å². The van der Waals surface area contributed by atoms with Gasteiger partial charge in [-0.1, -0.05) is 0 Å². The molecule has 6 N–H and O–H groups in total. The van der Waals surface area contributed by atoms with Crippen molar-refractivity contribution in [3.8, 4) is 0 Å². The van der Waals surface area contributed by atoms with Crippen molar-refractivity contribution in [2.24, 2.45) is 0 Å². The predicted molar refractivity (Wildman–Crippen MR) is 105 cm³/mol. The molecule has 0 saturated carbocycles. The number of nitrogens with one attached hydrogen (secondary N) is 2. The quantitative estimate of drug-likeness (QED) is 0.102. The lowest BCUT2D eigenvalue weighted by Crippen LogP contribution is -2.47. The van der Waals surface area contributed by atoms with Crippen LogP contribution in [0.3, 0.4) is 0 Å². The number of aliphatic hydroxyl groups is 1. The average Bonchev–Trinajstić information content (AvgIpc) is 2.66. The van der Waals surface area contributed by atoms with Crippen molar-refractivity contribution >= 4 is 29.6 Å². The first-order valence-electron chi connectivity index (χ1n) is 9.82. The molecule has 178 valence electrons. The van der Waals surface area contributed by atoms with Crippen LogP contribution in [0.15, 0.2) is 0 Å². The van der Waals surface area contributed by atoms with Crippen LogP contribution in [0.1, 0.15) is 52.4 Å². The van der Waals surface area contributed by atoms with Crippen LogP contribution in [0.4, 0.5) is 0 Å². The molecule has 0 aromatic rings. The monoisotopic (exact) mass is 448 g/mol. The molecule has 0 aliphatic rings. The molecule has 0 radical (unpaired) electrons. The van der Waals surface area contributed by atoms with Crippen molar-refractivity contribution in [2.75, 3.05) is 26.2 Å². The van der Waals surface area contributed by atoms with E-state index in [2.05, 4.69) is 10.6 Å². The molecular weight excluding hydrogens is 416 g/mol. The van der Waals surface area contributed by atoms with Crippen LogP contribution in [0.25, 0.3) is 0 Å². The molecule has 31 heavy (non-hydrogen) atoms. The van der Waals surface area contributed by atoms with E-state index in [9.17, 15) is 44.6 Å². The Morgan fingerprint density at radius 3 is 1.58 bits per heavy atom. The van der Waals surface area contributed by atoms with E-state index in [0.29, 0.717) is 29.4 Å². The van der Waals surface area contributed by atoms with Crippen LogP contribution >= 0.6 is 0 Å². The van der Waals surface area contributed by atoms with E-state index in [1.807, 2.05) is 0 Å². The lowest BCUT2D eigenvalue weighted by Gasteiger charge is -2.22. The minimum absolute atomic E-state index is 0.0277. The fourth-order valence-corrected chi connectivity index (χ4v) is 2.43. The molecule has 0 saturated heterocycles. The molecule has 4 amide bonds. The highest BCUT2D eigenvalue weighted by Crippen LogP contribution is 2.16. The van der Waals surface area contributed by atoms with Gasteiger partial charge in [-0.25, -0.2) is 14.9 Å². The Hall–Kier alpha value is -2.77. The molecule has 0 bridgehead atoms. The first kappa shape index (κ1) is 28.2. The van der Waals surface area contributed by atoms with Gasteiger partial charge in [0.2, 0.25) is 23.6 Å². The number of unbranched alkanes of at least 4 members (excludes halogenated alkanes) is 2. The summed E-state index contributed by atoms with van der Waals surface area (Å²) in [5.41, 5.74) is -2.59. The molecule has 13 heteroatoms. The second-order valence-electron chi connectivity index (χ2n) is 7.09. The van der Waals surface area contributed by atoms with Crippen LogP contribution < -0.4 is 10.6 Å². The third kappa shape index (κ3) is 12.5. The Balaban J connectivity index is 4.29. The van der Waals surface area contributed by atoms with Crippen LogP contribution in [-0.2, 0) is 24.0 Å². The molecule has 0 aliphatic heterocycles. The summed E-state index contributed by atoms with van der Waals surface area (Å²) in [6, 6.07) is 0. The molecule has 0 fully saturated rings. The van der Waals surface area contributed by atoms with Crippen molar-refractivity contribution in [1.29, 1.82) is 0 Å². The number of nitrogens with zero attached hydrogens (tertiary/aromatic N) is 2. The summed E-state index contributed by atoms with van der Waals surface area (Å²) in [7, 11) is 0. The van der Waals surface area contributed by atoms with Gasteiger partial charge in [0.05, 0.1) is 19.4 Å². The summed E-state index contributed by atoms with van der Waals surface area (Å²) in [4.78, 5) is 56.9. The minimum atomic E-state index is -2.59. The molecule has 13 nitrogen and oxygen atoms in total. The third-order valence-electron chi connectivity index (χ3n) is 4.27. The number of hydrogen-bond acceptors (Lipinski definition) is 8. The van der Waals surface area contributed by atoms with E-state index in [4.69, 9.17) is 0 Å². The molecule has 0 rings (SSSR count). The number of hydrogen-bond donors (Lipinski definition) is 6. The summed E-state index contributed by atoms with van der Waals surface area (Å²) >= 11 is 0. The fraction of sp³-hybridized carbons (Fsp3) is 0.722. The zero-order valence-electron chi connectivity index (χ0n) is 17.8. The van der Waals surface area contributed by atoms with Gasteiger partial charge in [-0.3, -0.25) is 29.6 Å². The molecule has 0 aromatic heterocycles. The predicted octanol–water partition coefficient (Wildman–Crippen LogP) is -1.15. The number of amides is 4. The van der Waals surface area contributed by atoms with Gasteiger partial charge in [-0.05, 0) is 25.7 Å². The van der Waals surface area contributed by atoms with Crippen molar-refractivity contribution < 1.29 is 44.6 Å². The topological polar surface area (TPSA) is 197 Å². The number of carboxylic acid groups (broad SMARTS) is 1. The largest absolute Gasteiger partial charge is 0.479 e. The van der Waals surface area contributed by atoms with Crippen LogP contribution in [0.2, 0.25) is 0 Å². The second kappa shape index (κ2) is 14.3. The Morgan fingerprint density at radius 2 is 1.16 bits per heavy atom. The second-order valence-corrected chi connectivity index (χ2v) is 7.09. The average molecular weight is 448 g/mol. The maximum Gasteiger partial charge on any atom is 0.336 e. The van der Waals surface area contributed by atoms with Crippen molar-refractivity contribution in [1.82, 2.24) is 20.8 Å². The molecule has 0 spiro atoms. The molecule has 0 unspecified atom stereocenters. The smallest absolute Gasteiger partial charge is 0.336 e. The van der Waals surface area contributed by atoms with E-state index in [1.54, 1.807) is 0 Å². The van der Waals surface area contributed by atoms with Gasteiger partial charge in [0.25, 0.3) is 0 Å². The van der Waals surface area contributed by atoms with Gasteiger partial charge in [-0.2, -0.15) is 0 Å². The lowest BCUT2D eigenvalue weighted by atomic mass is 9.94. The van der Waals surface area contributed by atoms with Crippen molar-refractivity contribution in [3.05, 3.63) is 0 Å². The maximum atomic E-state index is 11.9. The number of carboxylic acids is 1. The van der Waals surface area contributed by atoms with Crippen LogP contribution in [0, 0.1) is 0 Å². The van der Waals surface area contributed by atoms with E-state index in [-0.39, 0.29) is 32.6 Å². The Bertz CT molecular complexity index is 644. The van der Waals surface area contributed by atoms with Crippen molar-refractivity contribution in [2.45, 2.75) is 58.0 Å². The standard InChI is InChI=1S/C18H32N4O9/c1-13(23)21(30)9-5-3-4-7-19-15(25)11-18(29,17(27)28)12-16(26)20-8-6-10-22(31)14(2)24/h29-31H,3-12H2,1-2H3,(H,19,25)(H,20,26)(H,27,28)/t18-/m1/s1. The first-order valence-corrected chi connectivity index (χ1v) is 9.82. The van der Waals surface area contributed by atoms with Gasteiger partial charge in [0, 0.05) is 33.5 Å². The highest BCUT2D eigenvalue weighted by molar-refractivity contribution is 5.91. The lowest BCUT2D eigenvalue weighted by molar-refractivity contribution is -0.164. The minimum Gasteiger partial charge on any atom is -0.479 e. The molecular formula is C18H32N4O9. The number of carbonyl (C=O) groups is 5. The Kier molecular flexibility index (Phi) is 13.0. The van der Waals surface area contributed by atoms with E-state index in [0.717, 1.165) is 6.92 Å². The van der Waals surface area contributed by atoms with Gasteiger partial charge >= 0.3 is 5.97 Å². The highest BCUT2D eigenvalue weighted by atomic mass is 16.5. The summed E-state index contributed by atoms with van der Waals surface area (Å²) in [5, 5.41) is 43.7. The first-order chi connectivity index (χ1) is 14.4. The zero-order valence-corrected chi connectivity index (χ0v) is 17.8. The molecule has 0 aromatic carbocycles. The van der Waals surface area contributed by atoms with Crippen LogP contribution in [0.5, 0.6) is 0 Å². The van der Waals surface area contributed by atoms with E-state index >= 15 is 0 Å². The summed E-state index contributed by atoms with van der Waals surface area (Å²) < 4.78 is 0. The Morgan fingerprint density at radius 1 is 0.742 bits per heavy atom.